The van der Waals surface area contributed by atoms with Crippen molar-refractivity contribution in [3.05, 3.63) is 83.9 Å². The van der Waals surface area contributed by atoms with Crippen LogP contribution in [0.4, 0.5) is 0 Å². The summed E-state index contributed by atoms with van der Waals surface area (Å²) in [6, 6.07) is 19.0. The highest BCUT2D eigenvalue weighted by Crippen LogP contribution is 2.36. The topological polar surface area (TPSA) is 57.7 Å². The first-order valence-electron chi connectivity index (χ1n) is 10.9. The van der Waals surface area contributed by atoms with Crippen molar-refractivity contribution in [3.8, 4) is 0 Å². The summed E-state index contributed by atoms with van der Waals surface area (Å²) in [6.45, 7) is 2.65. The molecule has 0 N–H and O–H groups in total. The minimum atomic E-state index is -0.801. The number of allylic oxidation sites excluding steroid dienone is 2. The Kier molecular flexibility index (Phi) is 6.31. The van der Waals surface area contributed by atoms with E-state index < -0.39 is 6.04 Å². The average molecular weight is 417 g/mol. The van der Waals surface area contributed by atoms with Crippen LogP contribution in [-0.2, 0) is 27.3 Å². The Balaban J connectivity index is 1.52. The molecule has 160 valence electrons. The van der Waals surface area contributed by atoms with Crippen LogP contribution in [0, 0.1) is 11.8 Å². The van der Waals surface area contributed by atoms with Crippen molar-refractivity contribution in [2.75, 3.05) is 6.54 Å². The summed E-state index contributed by atoms with van der Waals surface area (Å²) in [5.74, 6) is -1.24. The molecule has 0 bridgehead atoms. The van der Waals surface area contributed by atoms with E-state index in [9.17, 15) is 14.4 Å². The van der Waals surface area contributed by atoms with Crippen molar-refractivity contribution in [2.24, 2.45) is 11.8 Å². The van der Waals surface area contributed by atoms with Crippen molar-refractivity contribution >= 4 is 17.7 Å². The van der Waals surface area contributed by atoms with Gasteiger partial charge in [0.15, 0.2) is 0 Å². The van der Waals surface area contributed by atoms with Gasteiger partial charge in [0.2, 0.25) is 17.7 Å². The van der Waals surface area contributed by atoms with Gasteiger partial charge in [0, 0.05) is 13.1 Å². The molecule has 1 fully saturated rings. The van der Waals surface area contributed by atoms with Gasteiger partial charge in [-0.3, -0.25) is 19.3 Å². The van der Waals surface area contributed by atoms with Crippen molar-refractivity contribution in [1.82, 2.24) is 9.80 Å². The summed E-state index contributed by atoms with van der Waals surface area (Å²) in [7, 11) is 0. The number of imide groups is 1. The smallest absolute Gasteiger partial charge is 0.245 e. The lowest BCUT2D eigenvalue weighted by Gasteiger charge is -2.30. The normalized spacial score (nSPS) is 21.1. The highest BCUT2D eigenvalue weighted by Gasteiger charge is 2.50. The first-order valence-corrected chi connectivity index (χ1v) is 10.9. The van der Waals surface area contributed by atoms with Gasteiger partial charge in [0.05, 0.1) is 11.8 Å². The van der Waals surface area contributed by atoms with Gasteiger partial charge in [-0.05, 0) is 37.3 Å². The van der Waals surface area contributed by atoms with Gasteiger partial charge in [-0.25, -0.2) is 0 Å². The number of hydrogen-bond donors (Lipinski definition) is 0. The maximum absolute atomic E-state index is 13.5. The highest BCUT2D eigenvalue weighted by molar-refractivity contribution is 6.08. The number of carbonyl (C=O) groups is 3. The number of likely N-dealkylation sites (tertiary alicyclic amines) is 1. The zero-order valence-corrected chi connectivity index (χ0v) is 17.8. The van der Waals surface area contributed by atoms with E-state index in [2.05, 4.69) is 0 Å². The van der Waals surface area contributed by atoms with Crippen molar-refractivity contribution < 1.29 is 14.4 Å². The lowest BCUT2D eigenvalue weighted by molar-refractivity contribution is -0.151. The second-order valence-electron chi connectivity index (χ2n) is 8.36. The molecule has 0 radical (unpaired) electrons. The Bertz CT molecular complexity index is 945. The molecule has 0 spiro atoms. The number of benzene rings is 2. The molecule has 5 nitrogen and oxygen atoms in total. The predicted molar refractivity (Wildman–Crippen MR) is 119 cm³/mol. The summed E-state index contributed by atoms with van der Waals surface area (Å²) in [6.07, 6.45) is 5.79. The van der Waals surface area contributed by atoms with Gasteiger partial charge >= 0.3 is 0 Å². The molecule has 2 aromatic carbocycles. The molecule has 1 aliphatic carbocycles. The minimum Gasteiger partial charge on any atom is -0.336 e. The van der Waals surface area contributed by atoms with Crippen molar-refractivity contribution in [2.45, 2.75) is 38.8 Å². The number of rotatable bonds is 7. The molecule has 4 rings (SSSR count). The van der Waals surface area contributed by atoms with Gasteiger partial charge in [-0.2, -0.15) is 0 Å². The molecule has 0 saturated carbocycles. The molecule has 2 aromatic rings. The molecule has 0 aromatic heterocycles. The van der Waals surface area contributed by atoms with Gasteiger partial charge in [0.1, 0.15) is 6.04 Å². The molecule has 3 atom stereocenters. The molecule has 2 aliphatic rings. The number of fused-ring (bicyclic) bond motifs is 1. The summed E-state index contributed by atoms with van der Waals surface area (Å²) in [4.78, 5) is 42.4. The first kappa shape index (κ1) is 21.0. The molecule has 5 heteroatoms. The monoisotopic (exact) mass is 416 g/mol. The van der Waals surface area contributed by atoms with Crippen LogP contribution >= 0.6 is 0 Å². The second kappa shape index (κ2) is 9.29. The van der Waals surface area contributed by atoms with E-state index in [1.54, 1.807) is 11.8 Å². The maximum Gasteiger partial charge on any atom is 0.245 e. The zero-order valence-electron chi connectivity index (χ0n) is 17.8. The van der Waals surface area contributed by atoms with Crippen LogP contribution in [0.2, 0.25) is 0 Å². The minimum absolute atomic E-state index is 0.187. The third-order valence-electron chi connectivity index (χ3n) is 6.33. The summed E-state index contributed by atoms with van der Waals surface area (Å²) in [5, 5.41) is 0. The number of hydrogen-bond acceptors (Lipinski definition) is 3. The molecular weight excluding hydrogens is 388 g/mol. The molecule has 1 heterocycles. The number of carbonyl (C=O) groups excluding carboxylic acids is 3. The summed E-state index contributed by atoms with van der Waals surface area (Å²) >= 11 is 0. The standard InChI is InChI=1S/C26H28N2O3/c1-19(28-25(30)22-14-8-9-15-23(22)26(28)31)24(29)27(18-21-12-6-3-7-13-21)17-16-20-10-4-2-5-11-20/h2-13,19,22-23H,14-18H2,1H3. The fraction of sp³-hybridized carbons (Fsp3) is 0.346. The van der Waals surface area contributed by atoms with E-state index in [-0.39, 0.29) is 29.6 Å². The fourth-order valence-corrected chi connectivity index (χ4v) is 4.56. The van der Waals surface area contributed by atoms with Gasteiger partial charge in [-0.1, -0.05) is 72.8 Å². The van der Waals surface area contributed by atoms with E-state index in [0.29, 0.717) is 32.4 Å². The second-order valence-corrected chi connectivity index (χ2v) is 8.36. The third-order valence-corrected chi connectivity index (χ3v) is 6.33. The largest absolute Gasteiger partial charge is 0.336 e. The Morgan fingerprint density at radius 2 is 1.42 bits per heavy atom. The van der Waals surface area contributed by atoms with Crippen LogP contribution in [0.3, 0.4) is 0 Å². The van der Waals surface area contributed by atoms with Crippen molar-refractivity contribution in [3.63, 3.8) is 0 Å². The Morgan fingerprint density at radius 1 is 0.903 bits per heavy atom. The number of amides is 3. The SMILES string of the molecule is CC(C(=O)N(CCc1ccccc1)Cc1ccccc1)N1C(=O)C2CC=CCC2C1=O. The van der Waals surface area contributed by atoms with Crippen molar-refractivity contribution in [1.29, 1.82) is 0 Å². The molecule has 1 saturated heterocycles. The van der Waals surface area contributed by atoms with Gasteiger partial charge < -0.3 is 4.90 Å². The van der Waals surface area contributed by atoms with E-state index in [1.165, 1.54) is 4.90 Å². The van der Waals surface area contributed by atoms with Crippen LogP contribution in [0.15, 0.2) is 72.8 Å². The third kappa shape index (κ3) is 4.46. The van der Waals surface area contributed by atoms with E-state index in [0.717, 1.165) is 11.1 Å². The highest BCUT2D eigenvalue weighted by atomic mass is 16.2. The van der Waals surface area contributed by atoms with Crippen LogP contribution in [0.1, 0.15) is 30.9 Å². The van der Waals surface area contributed by atoms with Crippen LogP contribution in [-0.4, -0.2) is 40.1 Å². The quantitative estimate of drug-likeness (QED) is 0.512. The molecule has 31 heavy (non-hydrogen) atoms. The zero-order chi connectivity index (χ0) is 21.8. The Hall–Kier alpha value is -3.21. The molecule has 3 unspecified atom stereocenters. The molecule has 1 aliphatic heterocycles. The molecule has 3 amide bonds. The molecular formula is C26H28N2O3. The van der Waals surface area contributed by atoms with Gasteiger partial charge in [-0.15, -0.1) is 0 Å². The predicted octanol–water partition coefficient (Wildman–Crippen LogP) is 3.60. The lowest BCUT2D eigenvalue weighted by atomic mass is 9.85. The van der Waals surface area contributed by atoms with Crippen LogP contribution < -0.4 is 0 Å². The van der Waals surface area contributed by atoms with Gasteiger partial charge in [0.25, 0.3) is 0 Å². The number of nitrogens with zero attached hydrogens (tertiary/aromatic N) is 2. The van der Waals surface area contributed by atoms with Crippen LogP contribution in [0.5, 0.6) is 0 Å². The van der Waals surface area contributed by atoms with Crippen LogP contribution in [0.25, 0.3) is 0 Å². The average Bonchev–Trinajstić information content (AvgIpc) is 3.07. The fourth-order valence-electron chi connectivity index (χ4n) is 4.56. The Labute approximate surface area is 183 Å². The summed E-state index contributed by atoms with van der Waals surface area (Å²) < 4.78 is 0. The first-order chi connectivity index (χ1) is 15.1. The van der Waals surface area contributed by atoms with E-state index in [4.69, 9.17) is 0 Å². The Morgan fingerprint density at radius 3 is 1.97 bits per heavy atom. The van der Waals surface area contributed by atoms with E-state index >= 15 is 0 Å². The summed E-state index contributed by atoms with van der Waals surface area (Å²) in [5.41, 5.74) is 2.17. The maximum atomic E-state index is 13.5. The van der Waals surface area contributed by atoms with E-state index in [1.807, 2.05) is 72.8 Å². The lowest BCUT2D eigenvalue weighted by Crippen LogP contribution is -2.50.